The minimum atomic E-state index is -0.627. The molecule has 1 atom stereocenters. The van der Waals surface area contributed by atoms with Gasteiger partial charge in [-0.2, -0.15) is 5.10 Å². The van der Waals surface area contributed by atoms with Crippen LogP contribution in [0.5, 0.6) is 5.75 Å². The number of pyridine rings is 1. The molecule has 1 unspecified atom stereocenters. The lowest BCUT2D eigenvalue weighted by Crippen LogP contribution is -2.41. The van der Waals surface area contributed by atoms with Gasteiger partial charge in [0.15, 0.2) is 17.1 Å². The van der Waals surface area contributed by atoms with Crippen molar-refractivity contribution in [3.05, 3.63) is 77.1 Å². The van der Waals surface area contributed by atoms with E-state index in [9.17, 15) is 19.1 Å². The molecule has 2 N–H and O–H groups in total. The van der Waals surface area contributed by atoms with E-state index < -0.39 is 17.6 Å². The number of fused-ring (bicyclic) bond motifs is 1. The van der Waals surface area contributed by atoms with Gasteiger partial charge in [0.1, 0.15) is 5.82 Å². The van der Waals surface area contributed by atoms with E-state index in [1.54, 1.807) is 43.7 Å². The van der Waals surface area contributed by atoms with Gasteiger partial charge < -0.3 is 15.3 Å². The molecule has 2 aromatic heterocycles. The van der Waals surface area contributed by atoms with Crippen LogP contribution in [0.4, 0.5) is 4.39 Å². The molecule has 1 aromatic carbocycles. The Morgan fingerprint density at radius 1 is 1.24 bits per heavy atom. The largest absolute Gasteiger partial charge is 0.504 e. The molecule has 3 aromatic rings. The van der Waals surface area contributed by atoms with Crippen molar-refractivity contribution in [1.29, 1.82) is 0 Å². The summed E-state index contributed by atoms with van der Waals surface area (Å²) >= 11 is 0. The molecular formula is C20H18FN5O3. The molecule has 0 saturated heterocycles. The zero-order chi connectivity index (χ0) is 20.5. The Bertz CT molecular complexity index is 1070. The lowest BCUT2D eigenvalue weighted by molar-refractivity contribution is 0.0719. The van der Waals surface area contributed by atoms with Crippen molar-refractivity contribution in [2.75, 3.05) is 13.6 Å². The van der Waals surface area contributed by atoms with Crippen molar-refractivity contribution < 1.29 is 19.1 Å². The van der Waals surface area contributed by atoms with Gasteiger partial charge >= 0.3 is 0 Å². The Hall–Kier alpha value is -3.75. The zero-order valence-corrected chi connectivity index (χ0v) is 15.5. The number of nitrogens with zero attached hydrogens (tertiary/aromatic N) is 4. The van der Waals surface area contributed by atoms with Crippen LogP contribution in [0.15, 0.2) is 48.8 Å². The smallest absolute Gasteiger partial charge is 0.275 e. The van der Waals surface area contributed by atoms with Crippen molar-refractivity contribution in [2.24, 2.45) is 0 Å². The zero-order valence-electron chi connectivity index (χ0n) is 15.5. The Labute approximate surface area is 165 Å². The van der Waals surface area contributed by atoms with Gasteiger partial charge in [-0.05, 0) is 35.4 Å². The quantitative estimate of drug-likeness (QED) is 0.701. The number of aromatic hydroxyl groups is 1. The van der Waals surface area contributed by atoms with Crippen LogP contribution in [-0.2, 0) is 6.54 Å². The number of hydrogen-bond acceptors (Lipinski definition) is 5. The van der Waals surface area contributed by atoms with Crippen molar-refractivity contribution >= 4 is 11.8 Å². The third kappa shape index (κ3) is 3.42. The monoisotopic (exact) mass is 395 g/mol. The van der Waals surface area contributed by atoms with Crippen LogP contribution < -0.4 is 5.32 Å². The van der Waals surface area contributed by atoms with Gasteiger partial charge in [0.25, 0.3) is 11.8 Å². The van der Waals surface area contributed by atoms with Gasteiger partial charge in [0, 0.05) is 32.5 Å². The third-order valence-electron chi connectivity index (χ3n) is 4.85. The van der Waals surface area contributed by atoms with E-state index in [0.29, 0.717) is 12.1 Å². The Balaban J connectivity index is 1.64. The number of benzene rings is 1. The van der Waals surface area contributed by atoms with E-state index >= 15 is 0 Å². The van der Waals surface area contributed by atoms with Gasteiger partial charge in [-0.3, -0.25) is 14.6 Å². The summed E-state index contributed by atoms with van der Waals surface area (Å²) in [7, 11) is 1.63. The van der Waals surface area contributed by atoms with Crippen molar-refractivity contribution in [3.8, 4) is 5.75 Å². The molecule has 2 amide bonds. The van der Waals surface area contributed by atoms with Gasteiger partial charge in [0.2, 0.25) is 0 Å². The second-order valence-electron chi connectivity index (χ2n) is 6.78. The first-order valence-corrected chi connectivity index (χ1v) is 8.95. The average Bonchev–Trinajstić information content (AvgIpc) is 3.08. The first-order chi connectivity index (χ1) is 14.0. The number of amides is 2. The molecule has 0 aliphatic carbocycles. The lowest BCUT2D eigenvalue weighted by Gasteiger charge is -2.31. The summed E-state index contributed by atoms with van der Waals surface area (Å²) < 4.78 is 14.4. The Morgan fingerprint density at radius 2 is 1.93 bits per heavy atom. The number of aromatic nitrogens is 3. The van der Waals surface area contributed by atoms with Crippen LogP contribution in [0, 0.1) is 5.82 Å². The molecule has 9 heteroatoms. The molecule has 1 aliphatic heterocycles. The van der Waals surface area contributed by atoms with Gasteiger partial charge in [-0.1, -0.05) is 12.1 Å². The summed E-state index contributed by atoms with van der Waals surface area (Å²) in [6.07, 6.45) is 3.26. The number of halogens is 1. The van der Waals surface area contributed by atoms with E-state index in [1.165, 1.54) is 21.7 Å². The fourth-order valence-corrected chi connectivity index (χ4v) is 3.30. The summed E-state index contributed by atoms with van der Waals surface area (Å²) in [5.41, 5.74) is 1.27. The van der Waals surface area contributed by atoms with E-state index in [4.69, 9.17) is 0 Å². The Kier molecular flexibility index (Phi) is 4.71. The molecule has 1 aliphatic rings. The van der Waals surface area contributed by atoms with E-state index in [2.05, 4.69) is 15.4 Å². The maximum Gasteiger partial charge on any atom is 0.275 e. The minimum Gasteiger partial charge on any atom is -0.504 e. The lowest BCUT2D eigenvalue weighted by atomic mass is 10.1. The number of carbonyl (C=O) groups is 2. The molecule has 148 valence electrons. The van der Waals surface area contributed by atoms with Crippen LogP contribution in [0.3, 0.4) is 0 Å². The van der Waals surface area contributed by atoms with Gasteiger partial charge in [-0.15, -0.1) is 0 Å². The summed E-state index contributed by atoms with van der Waals surface area (Å²) in [6.45, 7) is 0.468. The first-order valence-electron chi connectivity index (χ1n) is 8.95. The van der Waals surface area contributed by atoms with Crippen molar-refractivity contribution in [1.82, 2.24) is 25.0 Å². The second kappa shape index (κ2) is 7.34. The van der Waals surface area contributed by atoms with E-state index in [0.717, 1.165) is 5.56 Å². The van der Waals surface area contributed by atoms with Crippen LogP contribution in [0.2, 0.25) is 0 Å². The molecule has 4 rings (SSSR count). The van der Waals surface area contributed by atoms with Gasteiger partial charge in [0.05, 0.1) is 6.04 Å². The summed E-state index contributed by atoms with van der Waals surface area (Å²) in [6, 6.07) is 8.91. The van der Waals surface area contributed by atoms with E-state index in [1.807, 2.05) is 0 Å². The SMILES string of the molecule is CN1CC(c2ccncc2)n2nc(C(=O)NCc3ccc(F)cc3)c(O)c2C1=O. The molecule has 0 spiro atoms. The predicted octanol–water partition coefficient (Wildman–Crippen LogP) is 1.73. The Morgan fingerprint density at radius 3 is 2.62 bits per heavy atom. The maximum atomic E-state index is 13.0. The van der Waals surface area contributed by atoms with Crippen molar-refractivity contribution in [3.63, 3.8) is 0 Å². The fourth-order valence-electron chi connectivity index (χ4n) is 3.30. The highest BCUT2D eigenvalue weighted by Gasteiger charge is 2.37. The number of rotatable bonds is 4. The highest BCUT2D eigenvalue weighted by atomic mass is 19.1. The minimum absolute atomic E-state index is 0.0347. The van der Waals surface area contributed by atoms with Gasteiger partial charge in [-0.25, -0.2) is 9.07 Å². The molecule has 0 fully saturated rings. The highest BCUT2D eigenvalue weighted by Crippen LogP contribution is 2.33. The highest BCUT2D eigenvalue weighted by molar-refractivity contribution is 6.02. The van der Waals surface area contributed by atoms with Crippen molar-refractivity contribution in [2.45, 2.75) is 12.6 Å². The average molecular weight is 395 g/mol. The normalized spacial score (nSPS) is 15.9. The summed E-state index contributed by atoms with van der Waals surface area (Å²) in [4.78, 5) is 30.7. The standard InChI is InChI=1S/C20H18FN5O3/c1-25-11-15(13-6-8-22-9-7-13)26-17(20(25)29)18(27)16(24-26)19(28)23-10-12-2-4-14(21)5-3-12/h2-9,15,27H,10-11H2,1H3,(H,23,28). The number of nitrogens with one attached hydrogen (secondary N) is 1. The molecule has 29 heavy (non-hydrogen) atoms. The number of carbonyl (C=O) groups excluding carboxylic acids is 2. The van der Waals surface area contributed by atoms with Crippen LogP contribution in [0.1, 0.15) is 38.1 Å². The molecule has 0 saturated carbocycles. The fraction of sp³-hybridized carbons (Fsp3) is 0.200. The van der Waals surface area contributed by atoms with Crippen LogP contribution in [0.25, 0.3) is 0 Å². The van der Waals surface area contributed by atoms with E-state index in [-0.39, 0.29) is 29.8 Å². The molecule has 0 bridgehead atoms. The number of likely N-dealkylation sites (N-methyl/N-ethyl adjacent to an activating group) is 1. The summed E-state index contributed by atoms with van der Waals surface area (Å²) in [5.74, 6) is -1.88. The molecular weight excluding hydrogens is 377 g/mol. The van der Waals surface area contributed by atoms with Crippen LogP contribution >= 0.6 is 0 Å². The van der Waals surface area contributed by atoms with Crippen LogP contribution in [-0.4, -0.2) is 50.2 Å². The molecule has 0 radical (unpaired) electrons. The topological polar surface area (TPSA) is 100 Å². The molecule has 3 heterocycles. The summed E-state index contributed by atoms with van der Waals surface area (Å²) in [5, 5.41) is 17.5. The second-order valence-corrected chi connectivity index (χ2v) is 6.78. The maximum absolute atomic E-state index is 13.0. The molecule has 8 nitrogen and oxygen atoms in total. The predicted molar refractivity (Wildman–Crippen MR) is 101 cm³/mol. The number of hydrogen-bond donors (Lipinski definition) is 2. The third-order valence-corrected chi connectivity index (χ3v) is 4.85. The first kappa shape index (κ1) is 18.6.